The molecule has 1 aromatic rings. The van der Waals surface area contributed by atoms with E-state index in [0.717, 1.165) is 0 Å². The van der Waals surface area contributed by atoms with Crippen LogP contribution in [0.25, 0.3) is 0 Å². The van der Waals surface area contributed by atoms with Gasteiger partial charge in [-0.3, -0.25) is 19.8 Å². The van der Waals surface area contributed by atoms with Crippen molar-refractivity contribution in [2.24, 2.45) is 0 Å². The van der Waals surface area contributed by atoms with E-state index >= 15 is 0 Å². The molecule has 0 saturated carbocycles. The number of nitro groups is 1. The lowest BCUT2D eigenvalue weighted by molar-refractivity contribution is -0.385. The molecule has 0 atom stereocenters. The standard InChI is InChI=1S/C12H13N5O4/c13-7-9-10(17(20)21)1-2-11(14-9)16-5-3-15(4-6-16)8-12(18)19/h1-2H,3-6,8H2,(H,18,19). The number of aliphatic carboxylic acids is 1. The number of carbonyl (C=O) groups is 1. The van der Waals surface area contributed by atoms with Crippen molar-refractivity contribution >= 4 is 17.5 Å². The lowest BCUT2D eigenvalue weighted by Crippen LogP contribution is -2.48. The molecule has 0 unspecified atom stereocenters. The molecule has 1 aliphatic rings. The number of pyridine rings is 1. The van der Waals surface area contributed by atoms with Gasteiger partial charge in [0, 0.05) is 32.2 Å². The Morgan fingerprint density at radius 1 is 1.43 bits per heavy atom. The summed E-state index contributed by atoms with van der Waals surface area (Å²) in [6.07, 6.45) is 0. The quantitative estimate of drug-likeness (QED) is 0.610. The molecule has 0 aromatic carbocycles. The topological polar surface area (TPSA) is 124 Å². The van der Waals surface area contributed by atoms with Gasteiger partial charge in [-0.25, -0.2) is 4.98 Å². The van der Waals surface area contributed by atoms with E-state index in [-0.39, 0.29) is 17.9 Å². The minimum atomic E-state index is -0.872. The Balaban J connectivity index is 2.09. The highest BCUT2D eigenvalue weighted by molar-refractivity contribution is 5.69. The van der Waals surface area contributed by atoms with Crippen molar-refractivity contribution in [3.05, 3.63) is 27.9 Å². The number of rotatable bonds is 4. The normalized spacial score (nSPS) is 15.5. The highest BCUT2D eigenvalue weighted by Crippen LogP contribution is 2.21. The summed E-state index contributed by atoms with van der Waals surface area (Å²) in [5.74, 6) is -0.379. The van der Waals surface area contributed by atoms with Gasteiger partial charge in [-0.15, -0.1) is 0 Å². The Morgan fingerprint density at radius 3 is 2.62 bits per heavy atom. The maximum absolute atomic E-state index is 10.8. The van der Waals surface area contributed by atoms with Crippen LogP contribution >= 0.6 is 0 Å². The van der Waals surface area contributed by atoms with Crippen LogP contribution in [-0.2, 0) is 4.79 Å². The van der Waals surface area contributed by atoms with Gasteiger partial charge < -0.3 is 10.0 Å². The van der Waals surface area contributed by atoms with E-state index in [1.54, 1.807) is 11.0 Å². The lowest BCUT2D eigenvalue weighted by Gasteiger charge is -2.34. The summed E-state index contributed by atoms with van der Waals surface area (Å²) in [5, 5.41) is 28.4. The molecule has 1 aromatic heterocycles. The minimum absolute atomic E-state index is 0.00895. The third-order valence-corrected chi connectivity index (χ3v) is 3.22. The Labute approximate surface area is 120 Å². The van der Waals surface area contributed by atoms with Crippen molar-refractivity contribution < 1.29 is 14.8 Å². The van der Waals surface area contributed by atoms with E-state index in [2.05, 4.69) is 4.98 Å². The molecule has 21 heavy (non-hydrogen) atoms. The first-order chi connectivity index (χ1) is 10.0. The third kappa shape index (κ3) is 3.43. The molecule has 9 heteroatoms. The van der Waals surface area contributed by atoms with Crippen LogP contribution in [-0.4, -0.2) is 58.6 Å². The van der Waals surface area contributed by atoms with Crippen LogP contribution in [0, 0.1) is 21.4 Å². The predicted molar refractivity (Wildman–Crippen MR) is 71.9 cm³/mol. The van der Waals surface area contributed by atoms with Crippen LogP contribution in [0.3, 0.4) is 0 Å². The fraction of sp³-hybridized carbons (Fsp3) is 0.417. The van der Waals surface area contributed by atoms with E-state index in [1.165, 1.54) is 12.1 Å². The van der Waals surface area contributed by atoms with Crippen molar-refractivity contribution in [3.8, 4) is 6.07 Å². The van der Waals surface area contributed by atoms with Gasteiger partial charge in [0.15, 0.2) is 0 Å². The second kappa shape index (κ2) is 6.15. The molecule has 9 nitrogen and oxygen atoms in total. The first-order valence-electron chi connectivity index (χ1n) is 6.26. The molecule has 2 rings (SSSR count). The maximum atomic E-state index is 10.8. The van der Waals surface area contributed by atoms with Crippen molar-refractivity contribution in [2.45, 2.75) is 0 Å². The molecule has 0 amide bonds. The number of piperazine rings is 1. The Morgan fingerprint density at radius 2 is 2.10 bits per heavy atom. The summed E-state index contributed by atoms with van der Waals surface area (Å²) >= 11 is 0. The zero-order valence-electron chi connectivity index (χ0n) is 11.1. The minimum Gasteiger partial charge on any atom is -0.480 e. The Kier molecular flexibility index (Phi) is 4.30. The van der Waals surface area contributed by atoms with E-state index < -0.39 is 10.9 Å². The Hall–Kier alpha value is -2.73. The number of anilines is 1. The molecule has 0 radical (unpaired) electrons. The summed E-state index contributed by atoms with van der Waals surface area (Å²) in [5.41, 5.74) is -0.531. The van der Waals surface area contributed by atoms with Crippen molar-refractivity contribution in [1.29, 1.82) is 5.26 Å². The number of nitriles is 1. The van der Waals surface area contributed by atoms with Gasteiger partial charge in [0.1, 0.15) is 11.9 Å². The number of aromatic nitrogens is 1. The summed E-state index contributed by atoms with van der Waals surface area (Å²) in [4.78, 5) is 28.4. The number of nitrogens with zero attached hydrogens (tertiary/aromatic N) is 5. The smallest absolute Gasteiger partial charge is 0.317 e. The summed E-state index contributed by atoms with van der Waals surface area (Å²) in [6, 6.07) is 4.50. The molecule has 110 valence electrons. The van der Waals surface area contributed by atoms with Gasteiger partial charge >= 0.3 is 11.7 Å². The van der Waals surface area contributed by atoms with Crippen LogP contribution < -0.4 is 4.90 Å². The highest BCUT2D eigenvalue weighted by Gasteiger charge is 2.22. The molecule has 1 N–H and O–H groups in total. The number of hydrogen-bond donors (Lipinski definition) is 1. The number of carboxylic acids is 1. The van der Waals surface area contributed by atoms with Gasteiger partial charge in [-0.1, -0.05) is 0 Å². The van der Waals surface area contributed by atoms with Gasteiger partial charge in [-0.05, 0) is 6.07 Å². The number of hydrogen-bond acceptors (Lipinski definition) is 7. The molecule has 0 aliphatic carbocycles. The first kappa shape index (κ1) is 14.7. The average molecular weight is 291 g/mol. The van der Waals surface area contributed by atoms with Gasteiger partial charge in [0.25, 0.3) is 0 Å². The van der Waals surface area contributed by atoms with Crippen LogP contribution in [0.4, 0.5) is 11.5 Å². The monoisotopic (exact) mass is 291 g/mol. The SMILES string of the molecule is N#Cc1nc(N2CCN(CC(=O)O)CC2)ccc1[N+](=O)[O-]. The lowest BCUT2D eigenvalue weighted by atomic mass is 10.2. The van der Waals surface area contributed by atoms with E-state index in [4.69, 9.17) is 10.4 Å². The van der Waals surface area contributed by atoms with Crippen LogP contribution in [0.2, 0.25) is 0 Å². The molecule has 1 fully saturated rings. The number of carboxylic acid groups (broad SMARTS) is 1. The molecule has 2 heterocycles. The first-order valence-corrected chi connectivity index (χ1v) is 6.26. The van der Waals surface area contributed by atoms with Gasteiger partial charge in [0.05, 0.1) is 11.5 Å². The highest BCUT2D eigenvalue weighted by atomic mass is 16.6. The van der Waals surface area contributed by atoms with Crippen LogP contribution in [0.1, 0.15) is 5.69 Å². The summed E-state index contributed by atoms with van der Waals surface area (Å²) in [7, 11) is 0. The Bertz CT molecular complexity index is 604. The second-order valence-corrected chi connectivity index (χ2v) is 4.56. The van der Waals surface area contributed by atoms with E-state index in [0.29, 0.717) is 32.0 Å². The van der Waals surface area contributed by atoms with E-state index in [1.807, 2.05) is 4.90 Å². The van der Waals surface area contributed by atoms with Crippen molar-refractivity contribution in [1.82, 2.24) is 9.88 Å². The fourth-order valence-electron chi connectivity index (χ4n) is 2.17. The molecular weight excluding hydrogens is 278 g/mol. The zero-order chi connectivity index (χ0) is 15.4. The van der Waals surface area contributed by atoms with E-state index in [9.17, 15) is 14.9 Å². The van der Waals surface area contributed by atoms with Crippen molar-refractivity contribution in [3.63, 3.8) is 0 Å². The summed E-state index contributed by atoms with van der Waals surface area (Å²) < 4.78 is 0. The molecular formula is C12H13N5O4. The van der Waals surface area contributed by atoms with Crippen molar-refractivity contribution in [2.75, 3.05) is 37.6 Å². The third-order valence-electron chi connectivity index (χ3n) is 3.22. The maximum Gasteiger partial charge on any atom is 0.317 e. The summed E-state index contributed by atoms with van der Waals surface area (Å²) in [6.45, 7) is 2.23. The molecule has 0 spiro atoms. The molecule has 1 aliphatic heterocycles. The van der Waals surface area contributed by atoms with Crippen LogP contribution in [0.5, 0.6) is 0 Å². The van der Waals surface area contributed by atoms with Crippen LogP contribution in [0.15, 0.2) is 12.1 Å². The van der Waals surface area contributed by atoms with Gasteiger partial charge in [0.2, 0.25) is 5.69 Å². The predicted octanol–water partition coefficient (Wildman–Crippen LogP) is 0.0681. The fourth-order valence-corrected chi connectivity index (χ4v) is 2.17. The second-order valence-electron chi connectivity index (χ2n) is 4.56. The molecule has 0 bridgehead atoms. The average Bonchev–Trinajstić information content (AvgIpc) is 2.46. The van der Waals surface area contributed by atoms with Gasteiger partial charge in [-0.2, -0.15) is 5.26 Å². The molecule has 1 saturated heterocycles. The zero-order valence-corrected chi connectivity index (χ0v) is 11.1. The largest absolute Gasteiger partial charge is 0.480 e.